The Morgan fingerprint density at radius 2 is 1.95 bits per heavy atom. The fourth-order valence-corrected chi connectivity index (χ4v) is 1.98. The standard InChI is InChI=1S/C10H15F3N4O2S/c1-3-20(18,19)5-4-15-8-6-7(10(11,12)13)16-9(14-2)17-8/h6H,3-5H2,1-2H3,(H2,14,15,16,17). The van der Waals surface area contributed by atoms with Gasteiger partial charge in [0.1, 0.15) is 5.82 Å². The molecule has 0 saturated carbocycles. The third-order valence-electron chi connectivity index (χ3n) is 2.40. The minimum Gasteiger partial charge on any atom is -0.369 e. The van der Waals surface area contributed by atoms with Crippen molar-refractivity contribution in [1.82, 2.24) is 9.97 Å². The van der Waals surface area contributed by atoms with E-state index in [0.717, 1.165) is 6.07 Å². The van der Waals surface area contributed by atoms with Gasteiger partial charge in [-0.2, -0.15) is 18.2 Å². The zero-order chi connectivity index (χ0) is 15.4. The smallest absolute Gasteiger partial charge is 0.369 e. The predicted octanol–water partition coefficient (Wildman–Crippen LogP) is 1.38. The zero-order valence-electron chi connectivity index (χ0n) is 11.0. The van der Waals surface area contributed by atoms with Crippen molar-refractivity contribution >= 4 is 21.6 Å². The van der Waals surface area contributed by atoms with E-state index >= 15 is 0 Å². The predicted molar refractivity (Wildman–Crippen MR) is 69.4 cm³/mol. The molecule has 0 fully saturated rings. The second-order valence-electron chi connectivity index (χ2n) is 3.87. The fourth-order valence-electron chi connectivity index (χ4n) is 1.27. The summed E-state index contributed by atoms with van der Waals surface area (Å²) in [5, 5.41) is 4.97. The van der Waals surface area contributed by atoms with Crippen LogP contribution in [0.2, 0.25) is 0 Å². The van der Waals surface area contributed by atoms with Gasteiger partial charge in [0.25, 0.3) is 0 Å². The molecule has 1 aromatic rings. The summed E-state index contributed by atoms with van der Waals surface area (Å²) < 4.78 is 60.4. The van der Waals surface area contributed by atoms with Crippen molar-refractivity contribution in [2.45, 2.75) is 13.1 Å². The van der Waals surface area contributed by atoms with Crippen molar-refractivity contribution in [3.63, 3.8) is 0 Å². The lowest BCUT2D eigenvalue weighted by atomic mass is 10.4. The molecule has 0 aliphatic heterocycles. The van der Waals surface area contributed by atoms with Crippen LogP contribution in [0.3, 0.4) is 0 Å². The Morgan fingerprint density at radius 1 is 1.30 bits per heavy atom. The van der Waals surface area contributed by atoms with E-state index in [0.29, 0.717) is 0 Å². The molecule has 0 spiro atoms. The molecule has 0 aromatic carbocycles. The molecular weight excluding hydrogens is 297 g/mol. The molecule has 0 atom stereocenters. The van der Waals surface area contributed by atoms with E-state index < -0.39 is 21.7 Å². The molecule has 20 heavy (non-hydrogen) atoms. The molecule has 0 unspecified atom stereocenters. The normalized spacial score (nSPS) is 12.2. The summed E-state index contributed by atoms with van der Waals surface area (Å²) >= 11 is 0. The van der Waals surface area contributed by atoms with Crippen LogP contribution in [-0.2, 0) is 16.0 Å². The molecule has 2 N–H and O–H groups in total. The molecule has 1 heterocycles. The van der Waals surface area contributed by atoms with E-state index in [1.165, 1.54) is 14.0 Å². The van der Waals surface area contributed by atoms with Crippen LogP contribution in [-0.4, -0.2) is 43.5 Å². The summed E-state index contributed by atoms with van der Waals surface area (Å²) in [6.07, 6.45) is -4.60. The Kier molecular flexibility index (Phi) is 5.15. The maximum atomic E-state index is 12.6. The third-order valence-corrected chi connectivity index (χ3v) is 4.10. The Balaban J connectivity index is 2.85. The Morgan fingerprint density at radius 3 is 2.45 bits per heavy atom. The zero-order valence-corrected chi connectivity index (χ0v) is 11.8. The molecule has 1 rings (SSSR count). The summed E-state index contributed by atoms with van der Waals surface area (Å²) in [5.74, 6) is -0.471. The molecule has 10 heteroatoms. The third kappa shape index (κ3) is 4.83. The van der Waals surface area contributed by atoms with Gasteiger partial charge in [-0.1, -0.05) is 6.92 Å². The second kappa shape index (κ2) is 6.25. The first kappa shape index (κ1) is 16.5. The highest BCUT2D eigenvalue weighted by molar-refractivity contribution is 7.91. The van der Waals surface area contributed by atoms with E-state index in [-0.39, 0.29) is 29.8 Å². The molecule has 0 saturated heterocycles. The number of hydrogen-bond donors (Lipinski definition) is 2. The van der Waals surface area contributed by atoms with E-state index in [1.54, 1.807) is 0 Å². The molecule has 6 nitrogen and oxygen atoms in total. The molecule has 1 aromatic heterocycles. The number of nitrogens with one attached hydrogen (secondary N) is 2. The van der Waals surface area contributed by atoms with Gasteiger partial charge in [-0.15, -0.1) is 0 Å². The Labute approximate surface area is 114 Å². The highest BCUT2D eigenvalue weighted by Gasteiger charge is 2.33. The SMILES string of the molecule is CCS(=O)(=O)CCNc1cc(C(F)(F)F)nc(NC)n1. The van der Waals surface area contributed by atoms with Crippen molar-refractivity contribution in [2.24, 2.45) is 0 Å². The van der Waals surface area contributed by atoms with Crippen LogP contribution in [0.1, 0.15) is 12.6 Å². The minimum atomic E-state index is -4.60. The number of sulfone groups is 1. The number of halogens is 3. The van der Waals surface area contributed by atoms with Crippen molar-refractivity contribution in [3.05, 3.63) is 11.8 Å². The van der Waals surface area contributed by atoms with Crippen LogP contribution >= 0.6 is 0 Å². The number of alkyl halides is 3. The van der Waals surface area contributed by atoms with Gasteiger partial charge < -0.3 is 10.6 Å². The maximum absolute atomic E-state index is 12.6. The van der Waals surface area contributed by atoms with Crippen LogP contribution < -0.4 is 10.6 Å². The van der Waals surface area contributed by atoms with Crippen molar-refractivity contribution < 1.29 is 21.6 Å². The first-order valence-corrected chi connectivity index (χ1v) is 7.58. The highest BCUT2D eigenvalue weighted by Crippen LogP contribution is 2.29. The largest absolute Gasteiger partial charge is 0.433 e. The Hall–Kier alpha value is -1.58. The molecule has 0 aliphatic rings. The summed E-state index contributed by atoms with van der Waals surface area (Å²) in [6, 6.07) is 0.736. The van der Waals surface area contributed by atoms with Gasteiger partial charge in [-0.05, 0) is 0 Å². The highest BCUT2D eigenvalue weighted by atomic mass is 32.2. The lowest BCUT2D eigenvalue weighted by molar-refractivity contribution is -0.141. The monoisotopic (exact) mass is 312 g/mol. The molecule has 0 bridgehead atoms. The Bertz CT molecular complexity index is 560. The van der Waals surface area contributed by atoms with E-state index in [9.17, 15) is 21.6 Å². The van der Waals surface area contributed by atoms with Gasteiger partial charge in [0.2, 0.25) is 5.95 Å². The van der Waals surface area contributed by atoms with E-state index in [4.69, 9.17) is 0 Å². The number of hydrogen-bond acceptors (Lipinski definition) is 6. The minimum absolute atomic E-state index is 0.0198. The summed E-state index contributed by atoms with van der Waals surface area (Å²) in [4.78, 5) is 7.07. The van der Waals surface area contributed by atoms with Crippen LogP contribution in [0.15, 0.2) is 6.07 Å². The van der Waals surface area contributed by atoms with E-state index in [2.05, 4.69) is 20.6 Å². The lowest BCUT2D eigenvalue weighted by Crippen LogP contribution is -2.19. The van der Waals surface area contributed by atoms with Gasteiger partial charge in [-0.3, -0.25) is 0 Å². The van der Waals surface area contributed by atoms with Gasteiger partial charge in [0.15, 0.2) is 15.5 Å². The molecule has 0 aliphatic carbocycles. The lowest BCUT2D eigenvalue weighted by Gasteiger charge is -2.11. The van der Waals surface area contributed by atoms with Crippen molar-refractivity contribution in [1.29, 1.82) is 0 Å². The molecular formula is C10H15F3N4O2S. The second-order valence-corrected chi connectivity index (χ2v) is 6.35. The van der Waals surface area contributed by atoms with Crippen LogP contribution in [0, 0.1) is 0 Å². The topological polar surface area (TPSA) is 84.0 Å². The van der Waals surface area contributed by atoms with Gasteiger partial charge in [-0.25, -0.2) is 13.4 Å². The molecule has 0 radical (unpaired) electrons. The van der Waals surface area contributed by atoms with E-state index in [1.807, 2.05) is 0 Å². The average Bonchev–Trinajstić information content (AvgIpc) is 2.37. The maximum Gasteiger partial charge on any atom is 0.433 e. The summed E-state index contributed by atoms with van der Waals surface area (Å²) in [7, 11) is -1.80. The van der Waals surface area contributed by atoms with Crippen LogP contribution in [0.25, 0.3) is 0 Å². The number of rotatable bonds is 6. The van der Waals surface area contributed by atoms with Crippen LogP contribution in [0.5, 0.6) is 0 Å². The van der Waals surface area contributed by atoms with Gasteiger partial charge >= 0.3 is 6.18 Å². The average molecular weight is 312 g/mol. The first-order chi connectivity index (χ1) is 9.18. The van der Waals surface area contributed by atoms with Crippen molar-refractivity contribution in [3.8, 4) is 0 Å². The fraction of sp³-hybridized carbons (Fsp3) is 0.600. The number of anilines is 2. The molecule has 114 valence electrons. The summed E-state index contributed by atoms with van der Waals surface area (Å²) in [5.41, 5.74) is -1.10. The quantitative estimate of drug-likeness (QED) is 0.826. The van der Waals surface area contributed by atoms with Crippen LogP contribution in [0.4, 0.5) is 24.9 Å². The number of nitrogens with zero attached hydrogens (tertiary/aromatic N) is 2. The number of aromatic nitrogens is 2. The van der Waals surface area contributed by atoms with Gasteiger partial charge in [0, 0.05) is 25.4 Å². The van der Waals surface area contributed by atoms with Gasteiger partial charge in [0.05, 0.1) is 5.75 Å². The van der Waals surface area contributed by atoms with Crippen molar-refractivity contribution in [2.75, 3.05) is 35.7 Å². The first-order valence-electron chi connectivity index (χ1n) is 5.76. The molecule has 0 amide bonds. The summed E-state index contributed by atoms with van der Waals surface area (Å²) in [6.45, 7) is 1.48.